The van der Waals surface area contributed by atoms with E-state index in [2.05, 4.69) is 15.1 Å². The Morgan fingerprint density at radius 2 is 1.96 bits per heavy atom. The summed E-state index contributed by atoms with van der Waals surface area (Å²) in [6.07, 6.45) is 0. The first-order valence-electron chi connectivity index (χ1n) is 8.57. The molecule has 0 aliphatic heterocycles. The van der Waals surface area contributed by atoms with Crippen LogP contribution in [0.4, 0.5) is 0 Å². The number of thiazole rings is 1. The topological polar surface area (TPSA) is 63.9 Å². The minimum absolute atomic E-state index is 0.0758. The van der Waals surface area contributed by atoms with Crippen LogP contribution in [0, 0.1) is 19.8 Å². The number of aromatic nitrogens is 4. The highest BCUT2D eigenvalue weighted by molar-refractivity contribution is 7.13. The van der Waals surface area contributed by atoms with Gasteiger partial charge in [0.05, 0.1) is 24.7 Å². The van der Waals surface area contributed by atoms with Crippen LogP contribution in [-0.4, -0.2) is 37.6 Å². The zero-order valence-corrected chi connectivity index (χ0v) is 16.3. The maximum atomic E-state index is 12.7. The maximum Gasteiger partial charge on any atom is 0.227 e. The Kier molecular flexibility index (Phi) is 5.46. The molecule has 26 heavy (non-hydrogen) atoms. The van der Waals surface area contributed by atoms with Crippen LogP contribution in [0.25, 0.3) is 10.6 Å². The van der Waals surface area contributed by atoms with Crippen molar-refractivity contribution in [3.63, 3.8) is 0 Å². The molecule has 0 aliphatic rings. The lowest BCUT2D eigenvalue weighted by Gasteiger charge is -2.20. The molecule has 2 aromatic heterocycles. The van der Waals surface area contributed by atoms with Crippen molar-refractivity contribution in [1.82, 2.24) is 24.6 Å². The first kappa shape index (κ1) is 18.3. The first-order chi connectivity index (χ1) is 12.4. The van der Waals surface area contributed by atoms with Crippen molar-refractivity contribution in [3.05, 3.63) is 53.1 Å². The molecule has 0 bridgehead atoms. The molecule has 1 amide bonds. The normalized spacial score (nSPS) is 12.2. The van der Waals surface area contributed by atoms with Crippen molar-refractivity contribution >= 4 is 17.2 Å². The molecule has 7 heteroatoms. The Balaban J connectivity index is 1.62. The van der Waals surface area contributed by atoms with Gasteiger partial charge in [0.1, 0.15) is 16.7 Å². The van der Waals surface area contributed by atoms with Crippen LogP contribution in [0.5, 0.6) is 0 Å². The smallest absolute Gasteiger partial charge is 0.227 e. The van der Waals surface area contributed by atoms with Crippen molar-refractivity contribution in [2.45, 2.75) is 33.9 Å². The lowest BCUT2D eigenvalue weighted by molar-refractivity contribution is -0.134. The maximum absolute atomic E-state index is 12.7. The van der Waals surface area contributed by atoms with Crippen LogP contribution in [0.3, 0.4) is 0 Å². The second-order valence-electron chi connectivity index (χ2n) is 6.49. The van der Waals surface area contributed by atoms with Crippen LogP contribution in [0.2, 0.25) is 0 Å². The molecule has 0 spiro atoms. The molecule has 1 aromatic carbocycles. The Hall–Kier alpha value is -2.54. The summed E-state index contributed by atoms with van der Waals surface area (Å²) >= 11 is 1.60. The van der Waals surface area contributed by atoms with E-state index >= 15 is 0 Å². The van der Waals surface area contributed by atoms with Crippen molar-refractivity contribution in [1.29, 1.82) is 0 Å². The molecule has 0 radical (unpaired) electrons. The predicted molar refractivity (Wildman–Crippen MR) is 103 cm³/mol. The summed E-state index contributed by atoms with van der Waals surface area (Å²) in [4.78, 5) is 23.4. The molecule has 3 aromatic rings. The van der Waals surface area contributed by atoms with Crippen molar-refractivity contribution in [3.8, 4) is 10.6 Å². The Bertz CT molecular complexity index is 886. The molecule has 2 heterocycles. The van der Waals surface area contributed by atoms with Crippen LogP contribution in [-0.2, 0) is 17.9 Å². The van der Waals surface area contributed by atoms with Crippen LogP contribution < -0.4 is 0 Å². The Labute approximate surface area is 157 Å². The Morgan fingerprint density at radius 1 is 1.23 bits per heavy atom. The highest BCUT2D eigenvalue weighted by Gasteiger charge is 2.20. The van der Waals surface area contributed by atoms with Gasteiger partial charge in [0, 0.05) is 18.0 Å². The number of aryl methyl sites for hydroxylation is 2. The standard InChI is InChI=1S/C19H23N5OS/c1-13(10-24-15(3)20-14(2)22-24)19(25)23(4)11-17-12-26-18(21-17)16-8-6-5-7-9-16/h5-9,12-13H,10-11H2,1-4H3/t13-/m1/s1. The Morgan fingerprint density at radius 3 is 2.62 bits per heavy atom. The highest BCUT2D eigenvalue weighted by Crippen LogP contribution is 2.24. The molecule has 136 valence electrons. The van der Waals surface area contributed by atoms with Gasteiger partial charge in [0.2, 0.25) is 5.91 Å². The molecule has 1 atom stereocenters. The summed E-state index contributed by atoms with van der Waals surface area (Å²) in [5.74, 6) is 1.46. The minimum Gasteiger partial charge on any atom is -0.340 e. The van der Waals surface area contributed by atoms with Gasteiger partial charge in [0.15, 0.2) is 0 Å². The summed E-state index contributed by atoms with van der Waals surface area (Å²) in [7, 11) is 1.82. The SMILES string of the molecule is Cc1nc(C)n(C[C@@H](C)C(=O)N(C)Cc2csc(-c3ccccc3)n2)n1. The number of carbonyl (C=O) groups excluding carboxylic acids is 1. The zero-order valence-electron chi connectivity index (χ0n) is 15.5. The molecular formula is C19H23N5OS. The minimum atomic E-state index is -0.174. The lowest BCUT2D eigenvalue weighted by atomic mass is 10.1. The van der Waals surface area contributed by atoms with Crippen molar-refractivity contribution in [2.75, 3.05) is 7.05 Å². The van der Waals surface area contributed by atoms with E-state index in [9.17, 15) is 4.79 Å². The molecule has 6 nitrogen and oxygen atoms in total. The van der Waals surface area contributed by atoms with Gasteiger partial charge in [-0.2, -0.15) is 5.10 Å². The zero-order chi connectivity index (χ0) is 18.7. The molecule has 0 saturated heterocycles. The van der Waals surface area contributed by atoms with Gasteiger partial charge in [-0.25, -0.2) is 14.6 Å². The summed E-state index contributed by atoms with van der Waals surface area (Å²) in [6.45, 7) is 6.71. The number of nitrogens with zero attached hydrogens (tertiary/aromatic N) is 5. The number of hydrogen-bond acceptors (Lipinski definition) is 5. The van der Waals surface area contributed by atoms with Gasteiger partial charge in [0.25, 0.3) is 0 Å². The molecule has 0 N–H and O–H groups in total. The van der Waals surface area contributed by atoms with Gasteiger partial charge in [-0.15, -0.1) is 11.3 Å². The summed E-state index contributed by atoms with van der Waals surface area (Å²) in [5.41, 5.74) is 2.01. The monoisotopic (exact) mass is 369 g/mol. The van der Waals surface area contributed by atoms with E-state index in [4.69, 9.17) is 0 Å². The molecule has 0 aliphatic carbocycles. The third kappa shape index (κ3) is 4.16. The fraction of sp³-hybridized carbons (Fsp3) is 0.368. The van der Waals surface area contributed by atoms with Gasteiger partial charge in [-0.3, -0.25) is 4.79 Å². The third-order valence-corrected chi connectivity index (χ3v) is 5.12. The molecule has 0 fully saturated rings. The second-order valence-corrected chi connectivity index (χ2v) is 7.35. The number of carbonyl (C=O) groups is 1. The van der Waals surface area contributed by atoms with E-state index in [-0.39, 0.29) is 11.8 Å². The van der Waals surface area contributed by atoms with Gasteiger partial charge >= 0.3 is 0 Å². The summed E-state index contributed by atoms with van der Waals surface area (Å²) in [5, 5.41) is 7.33. The lowest BCUT2D eigenvalue weighted by Crippen LogP contribution is -2.33. The summed E-state index contributed by atoms with van der Waals surface area (Å²) < 4.78 is 1.79. The summed E-state index contributed by atoms with van der Waals surface area (Å²) in [6, 6.07) is 10.1. The molecular weight excluding hydrogens is 346 g/mol. The van der Waals surface area contributed by atoms with E-state index in [1.54, 1.807) is 20.9 Å². The molecule has 0 saturated carbocycles. The largest absolute Gasteiger partial charge is 0.340 e. The first-order valence-corrected chi connectivity index (χ1v) is 9.45. The van der Waals surface area contributed by atoms with Crippen molar-refractivity contribution in [2.24, 2.45) is 5.92 Å². The van der Waals surface area contributed by atoms with Crippen LogP contribution in [0.1, 0.15) is 24.3 Å². The van der Waals surface area contributed by atoms with Crippen LogP contribution in [0.15, 0.2) is 35.7 Å². The number of amides is 1. The van der Waals surface area contributed by atoms with Gasteiger partial charge < -0.3 is 4.90 Å². The van der Waals surface area contributed by atoms with E-state index in [1.165, 1.54) is 0 Å². The average molecular weight is 369 g/mol. The van der Waals surface area contributed by atoms with E-state index in [1.807, 2.05) is 63.5 Å². The fourth-order valence-corrected chi connectivity index (χ4v) is 3.68. The average Bonchev–Trinajstić information content (AvgIpc) is 3.21. The second kappa shape index (κ2) is 7.78. The number of rotatable bonds is 6. The number of hydrogen-bond donors (Lipinski definition) is 0. The van der Waals surface area contributed by atoms with E-state index < -0.39 is 0 Å². The van der Waals surface area contributed by atoms with E-state index in [0.29, 0.717) is 13.1 Å². The van der Waals surface area contributed by atoms with Crippen molar-refractivity contribution < 1.29 is 4.79 Å². The van der Waals surface area contributed by atoms with Gasteiger partial charge in [-0.05, 0) is 13.8 Å². The van der Waals surface area contributed by atoms with E-state index in [0.717, 1.165) is 27.9 Å². The predicted octanol–water partition coefficient (Wildman–Crippen LogP) is 3.31. The molecule has 3 rings (SSSR count). The fourth-order valence-electron chi connectivity index (χ4n) is 2.86. The highest BCUT2D eigenvalue weighted by atomic mass is 32.1. The van der Waals surface area contributed by atoms with Gasteiger partial charge in [-0.1, -0.05) is 37.3 Å². The quantitative estimate of drug-likeness (QED) is 0.669. The third-order valence-electron chi connectivity index (χ3n) is 4.18. The number of benzene rings is 1. The molecule has 0 unspecified atom stereocenters. The van der Waals surface area contributed by atoms with Crippen LogP contribution >= 0.6 is 11.3 Å².